The predicted molar refractivity (Wildman–Crippen MR) is 98.1 cm³/mol. The fourth-order valence-corrected chi connectivity index (χ4v) is 3.61. The van der Waals surface area contributed by atoms with Crippen molar-refractivity contribution in [3.05, 3.63) is 53.7 Å². The third-order valence-electron chi connectivity index (χ3n) is 4.17. The van der Waals surface area contributed by atoms with Gasteiger partial charge in [-0.15, -0.1) is 16.4 Å². The molecular weight excluding hydrogens is 334 g/mol. The molecule has 7 heteroatoms. The molecule has 0 unspecified atom stereocenters. The maximum atomic E-state index is 12.9. The summed E-state index contributed by atoms with van der Waals surface area (Å²) >= 11 is 1.59. The number of hydrogen-bond donors (Lipinski definition) is 1. The number of thiophene rings is 1. The monoisotopic (exact) mass is 353 g/mol. The van der Waals surface area contributed by atoms with Gasteiger partial charge < -0.3 is 10.2 Å². The van der Waals surface area contributed by atoms with Gasteiger partial charge in [-0.25, -0.2) is 9.67 Å². The Labute approximate surface area is 150 Å². The van der Waals surface area contributed by atoms with Crippen molar-refractivity contribution in [1.29, 1.82) is 0 Å². The number of hydrogen-bond acceptors (Lipinski definition) is 5. The highest BCUT2D eigenvalue weighted by atomic mass is 32.1. The summed E-state index contributed by atoms with van der Waals surface area (Å²) in [5, 5.41) is 9.85. The van der Waals surface area contributed by atoms with Crippen LogP contribution >= 0.6 is 11.3 Å². The molecule has 25 heavy (non-hydrogen) atoms. The predicted octanol–water partition coefficient (Wildman–Crippen LogP) is 2.43. The van der Waals surface area contributed by atoms with Gasteiger partial charge in [-0.3, -0.25) is 4.79 Å². The standard InChI is InChI=1S/C18H19N5OS/c24-18(22-11-5-9-19-10-12-22)16-20-17(15-8-4-13-25-15)23(21-16)14-6-2-1-3-7-14/h1-4,6-8,13,19H,5,9-12H2. The van der Waals surface area contributed by atoms with Gasteiger partial charge in [0.1, 0.15) is 0 Å². The number of nitrogens with one attached hydrogen (secondary N) is 1. The fourth-order valence-electron chi connectivity index (χ4n) is 2.91. The molecular formula is C18H19N5OS. The smallest absolute Gasteiger partial charge is 0.293 e. The zero-order valence-corrected chi connectivity index (χ0v) is 14.6. The molecule has 0 aliphatic carbocycles. The van der Waals surface area contributed by atoms with Crippen LogP contribution in [0.25, 0.3) is 16.4 Å². The quantitative estimate of drug-likeness (QED) is 0.785. The minimum absolute atomic E-state index is 0.101. The van der Waals surface area contributed by atoms with E-state index in [9.17, 15) is 4.79 Å². The van der Waals surface area contributed by atoms with Crippen LogP contribution in [0.1, 0.15) is 17.0 Å². The summed E-state index contributed by atoms with van der Waals surface area (Å²) in [5.41, 5.74) is 0.898. The molecule has 1 aliphatic rings. The number of rotatable bonds is 3. The van der Waals surface area contributed by atoms with Gasteiger partial charge >= 0.3 is 0 Å². The largest absolute Gasteiger partial charge is 0.335 e. The average molecular weight is 353 g/mol. The highest BCUT2D eigenvalue weighted by Gasteiger charge is 2.24. The van der Waals surface area contributed by atoms with Crippen LogP contribution in [-0.4, -0.2) is 51.8 Å². The van der Waals surface area contributed by atoms with Gasteiger partial charge in [0.25, 0.3) is 5.91 Å². The summed E-state index contributed by atoms with van der Waals surface area (Å²) in [6.45, 7) is 3.17. The van der Waals surface area contributed by atoms with E-state index in [1.807, 2.05) is 52.7 Å². The number of benzene rings is 1. The van der Waals surface area contributed by atoms with Gasteiger partial charge in [0.15, 0.2) is 5.82 Å². The molecule has 0 radical (unpaired) electrons. The zero-order valence-electron chi connectivity index (χ0n) is 13.8. The van der Waals surface area contributed by atoms with Gasteiger partial charge in [-0.1, -0.05) is 24.3 Å². The molecule has 0 atom stereocenters. The lowest BCUT2D eigenvalue weighted by Gasteiger charge is -2.17. The van der Waals surface area contributed by atoms with Crippen molar-refractivity contribution >= 4 is 17.2 Å². The van der Waals surface area contributed by atoms with Crippen LogP contribution in [0.4, 0.5) is 0 Å². The fraction of sp³-hybridized carbons (Fsp3) is 0.278. The molecule has 2 aromatic heterocycles. The zero-order chi connectivity index (χ0) is 17.1. The molecule has 1 aromatic carbocycles. The van der Waals surface area contributed by atoms with Gasteiger partial charge in [0.05, 0.1) is 10.6 Å². The van der Waals surface area contributed by atoms with Crippen molar-refractivity contribution in [2.45, 2.75) is 6.42 Å². The molecule has 0 spiro atoms. The van der Waals surface area contributed by atoms with Gasteiger partial charge in [-0.2, -0.15) is 0 Å². The Balaban J connectivity index is 1.73. The number of aromatic nitrogens is 3. The van der Waals surface area contributed by atoms with E-state index in [0.29, 0.717) is 12.4 Å². The third-order valence-corrected chi connectivity index (χ3v) is 5.03. The van der Waals surface area contributed by atoms with E-state index in [0.717, 1.165) is 36.6 Å². The van der Waals surface area contributed by atoms with Crippen LogP contribution in [0.2, 0.25) is 0 Å². The summed E-state index contributed by atoms with van der Waals surface area (Å²) in [7, 11) is 0. The van der Waals surface area contributed by atoms with Crippen LogP contribution in [0.5, 0.6) is 0 Å². The van der Waals surface area contributed by atoms with E-state index in [4.69, 9.17) is 0 Å². The Morgan fingerprint density at radius 3 is 2.76 bits per heavy atom. The van der Waals surface area contributed by atoms with Crippen LogP contribution in [0.15, 0.2) is 47.8 Å². The molecule has 6 nitrogen and oxygen atoms in total. The third kappa shape index (κ3) is 3.33. The SMILES string of the molecule is O=C(c1nc(-c2cccs2)n(-c2ccccc2)n1)N1CCCNCC1. The lowest BCUT2D eigenvalue weighted by atomic mass is 10.3. The number of carbonyl (C=O) groups excluding carboxylic acids is 1. The van der Waals surface area contributed by atoms with E-state index in [1.54, 1.807) is 16.0 Å². The molecule has 128 valence electrons. The van der Waals surface area contributed by atoms with Crippen LogP contribution < -0.4 is 5.32 Å². The number of carbonyl (C=O) groups is 1. The summed E-state index contributed by atoms with van der Waals surface area (Å²) < 4.78 is 1.76. The summed E-state index contributed by atoms with van der Waals surface area (Å²) in [4.78, 5) is 20.3. The van der Waals surface area contributed by atoms with E-state index in [2.05, 4.69) is 15.4 Å². The van der Waals surface area contributed by atoms with Crippen molar-refractivity contribution in [2.24, 2.45) is 0 Å². The Morgan fingerprint density at radius 2 is 1.96 bits per heavy atom. The molecule has 1 fully saturated rings. The van der Waals surface area contributed by atoms with E-state index in [-0.39, 0.29) is 11.7 Å². The first-order chi connectivity index (χ1) is 12.3. The normalized spacial score (nSPS) is 15.1. The highest BCUT2D eigenvalue weighted by molar-refractivity contribution is 7.13. The number of para-hydroxylation sites is 1. The molecule has 3 heterocycles. The van der Waals surface area contributed by atoms with Crippen molar-refractivity contribution in [3.63, 3.8) is 0 Å². The topological polar surface area (TPSA) is 63.1 Å². The Bertz CT molecular complexity index is 836. The van der Waals surface area contributed by atoms with Crippen LogP contribution in [0, 0.1) is 0 Å². The van der Waals surface area contributed by atoms with Crippen molar-refractivity contribution in [2.75, 3.05) is 26.2 Å². The second-order valence-electron chi connectivity index (χ2n) is 5.88. The first-order valence-electron chi connectivity index (χ1n) is 8.39. The van der Waals surface area contributed by atoms with Crippen LogP contribution in [0.3, 0.4) is 0 Å². The molecule has 1 amide bonds. The molecule has 0 bridgehead atoms. The molecule has 1 aliphatic heterocycles. The maximum absolute atomic E-state index is 12.9. The van der Waals surface area contributed by atoms with Gasteiger partial charge in [0.2, 0.25) is 5.82 Å². The molecule has 3 aromatic rings. The first kappa shape index (κ1) is 16.0. The molecule has 0 saturated carbocycles. The minimum atomic E-state index is -0.101. The van der Waals surface area contributed by atoms with Crippen LogP contribution in [-0.2, 0) is 0 Å². The van der Waals surface area contributed by atoms with E-state index in [1.165, 1.54) is 0 Å². The summed E-state index contributed by atoms with van der Waals surface area (Å²) in [6.07, 6.45) is 0.947. The lowest BCUT2D eigenvalue weighted by Crippen LogP contribution is -2.34. The second-order valence-corrected chi connectivity index (χ2v) is 6.83. The van der Waals surface area contributed by atoms with E-state index < -0.39 is 0 Å². The number of amides is 1. The highest BCUT2D eigenvalue weighted by Crippen LogP contribution is 2.25. The Kier molecular flexibility index (Phi) is 4.58. The van der Waals surface area contributed by atoms with Gasteiger partial charge in [-0.05, 0) is 36.5 Å². The Morgan fingerprint density at radius 1 is 1.08 bits per heavy atom. The maximum Gasteiger partial charge on any atom is 0.293 e. The van der Waals surface area contributed by atoms with Crippen molar-refractivity contribution in [3.8, 4) is 16.4 Å². The molecule has 1 saturated heterocycles. The minimum Gasteiger partial charge on any atom is -0.335 e. The molecule has 1 N–H and O–H groups in total. The lowest BCUT2D eigenvalue weighted by molar-refractivity contribution is 0.0754. The first-order valence-corrected chi connectivity index (χ1v) is 9.27. The Hall–Kier alpha value is -2.51. The van der Waals surface area contributed by atoms with Gasteiger partial charge in [0, 0.05) is 19.6 Å². The average Bonchev–Trinajstić information content (AvgIpc) is 3.25. The van der Waals surface area contributed by atoms with E-state index >= 15 is 0 Å². The van der Waals surface area contributed by atoms with Crippen molar-refractivity contribution in [1.82, 2.24) is 25.0 Å². The van der Waals surface area contributed by atoms with Crippen molar-refractivity contribution < 1.29 is 4.79 Å². The summed E-state index contributed by atoms with van der Waals surface area (Å²) in [6, 6.07) is 13.8. The second kappa shape index (κ2) is 7.16. The summed E-state index contributed by atoms with van der Waals surface area (Å²) in [5.74, 6) is 0.864. The molecule has 4 rings (SSSR count). The number of nitrogens with zero attached hydrogens (tertiary/aromatic N) is 4.